The lowest BCUT2D eigenvalue weighted by Gasteiger charge is -2.25. The Morgan fingerprint density at radius 1 is 1.24 bits per heavy atom. The first-order valence-corrected chi connectivity index (χ1v) is 9.79. The fourth-order valence-electron chi connectivity index (χ4n) is 3.72. The van der Waals surface area contributed by atoms with Gasteiger partial charge in [-0.1, -0.05) is 26.0 Å². The second-order valence-electron chi connectivity index (χ2n) is 7.66. The molecule has 2 heterocycles. The van der Waals surface area contributed by atoms with Crippen molar-refractivity contribution in [1.82, 2.24) is 14.9 Å². The van der Waals surface area contributed by atoms with Gasteiger partial charge in [-0.05, 0) is 43.2 Å². The molecule has 0 aliphatic carbocycles. The van der Waals surface area contributed by atoms with Crippen molar-refractivity contribution >= 4 is 28.5 Å². The Morgan fingerprint density at radius 3 is 2.83 bits per heavy atom. The molecule has 1 aliphatic heterocycles. The Bertz CT molecular complexity index is 1080. The number of anilines is 1. The first-order valence-electron chi connectivity index (χ1n) is 9.79. The fourth-order valence-corrected chi connectivity index (χ4v) is 3.72. The molecule has 1 saturated heterocycles. The van der Waals surface area contributed by atoms with Gasteiger partial charge in [-0.2, -0.15) is 0 Å². The number of imidazole rings is 1. The number of H-pyrrole nitrogens is 1. The zero-order chi connectivity index (χ0) is 20.5. The SMILES string of the molecule is CC(C)C(=O)N1CCCC1C(=O)Nc1ccc2nc(-c3cccc(F)c3)[nH]c2c1. The Balaban J connectivity index is 1.54. The number of halogens is 1. The number of hydrogen-bond donors (Lipinski definition) is 2. The molecule has 1 aromatic heterocycles. The molecule has 2 aromatic carbocycles. The van der Waals surface area contributed by atoms with Gasteiger partial charge in [-0.15, -0.1) is 0 Å². The summed E-state index contributed by atoms with van der Waals surface area (Å²) < 4.78 is 13.5. The van der Waals surface area contributed by atoms with E-state index in [0.717, 1.165) is 17.5 Å². The van der Waals surface area contributed by atoms with Gasteiger partial charge in [-0.25, -0.2) is 9.37 Å². The molecule has 3 aromatic rings. The fraction of sp³-hybridized carbons (Fsp3) is 0.318. The summed E-state index contributed by atoms with van der Waals surface area (Å²) in [7, 11) is 0. The molecule has 150 valence electrons. The number of benzene rings is 2. The van der Waals surface area contributed by atoms with Gasteiger partial charge in [0.1, 0.15) is 17.7 Å². The Labute approximate surface area is 168 Å². The lowest BCUT2D eigenvalue weighted by atomic mass is 10.1. The minimum absolute atomic E-state index is 0.00593. The van der Waals surface area contributed by atoms with E-state index in [2.05, 4.69) is 15.3 Å². The molecular formula is C22H23FN4O2. The van der Waals surface area contributed by atoms with Gasteiger partial charge in [-0.3, -0.25) is 9.59 Å². The molecule has 6 nitrogen and oxygen atoms in total. The minimum Gasteiger partial charge on any atom is -0.338 e. The van der Waals surface area contributed by atoms with Crippen LogP contribution in [0.5, 0.6) is 0 Å². The van der Waals surface area contributed by atoms with E-state index in [1.165, 1.54) is 12.1 Å². The normalized spacial score (nSPS) is 16.6. The van der Waals surface area contributed by atoms with Crippen LogP contribution in [0.25, 0.3) is 22.4 Å². The van der Waals surface area contributed by atoms with Crippen LogP contribution < -0.4 is 5.32 Å². The standard InChI is InChI=1S/C22H23FN4O2/c1-13(2)22(29)27-10-4-7-19(27)21(28)24-16-8-9-17-18(12-16)26-20(25-17)14-5-3-6-15(23)11-14/h3,5-6,8-9,11-13,19H,4,7,10H2,1-2H3,(H,24,28)(H,25,26). The highest BCUT2D eigenvalue weighted by molar-refractivity contribution is 5.99. The molecule has 2 N–H and O–H groups in total. The van der Waals surface area contributed by atoms with E-state index in [9.17, 15) is 14.0 Å². The lowest BCUT2D eigenvalue weighted by molar-refractivity contribution is -0.139. The number of carbonyl (C=O) groups is 2. The summed E-state index contributed by atoms with van der Waals surface area (Å²) in [5.41, 5.74) is 2.74. The first-order chi connectivity index (χ1) is 13.9. The number of nitrogens with one attached hydrogen (secondary N) is 2. The Kier molecular flexibility index (Phi) is 5.05. The van der Waals surface area contributed by atoms with Crippen LogP contribution in [-0.2, 0) is 9.59 Å². The number of aromatic nitrogens is 2. The summed E-state index contributed by atoms with van der Waals surface area (Å²) in [6.45, 7) is 4.31. The van der Waals surface area contributed by atoms with Gasteiger partial charge >= 0.3 is 0 Å². The van der Waals surface area contributed by atoms with E-state index in [1.807, 2.05) is 13.8 Å². The van der Waals surface area contributed by atoms with Gasteiger partial charge in [0.2, 0.25) is 11.8 Å². The smallest absolute Gasteiger partial charge is 0.247 e. The van der Waals surface area contributed by atoms with Crippen LogP contribution in [0.4, 0.5) is 10.1 Å². The van der Waals surface area contributed by atoms with Crippen molar-refractivity contribution in [2.24, 2.45) is 5.92 Å². The molecule has 1 atom stereocenters. The van der Waals surface area contributed by atoms with Crippen molar-refractivity contribution in [3.8, 4) is 11.4 Å². The number of rotatable bonds is 4. The first kappa shape index (κ1) is 19.1. The van der Waals surface area contributed by atoms with Gasteiger partial charge in [0.05, 0.1) is 11.0 Å². The quantitative estimate of drug-likeness (QED) is 0.703. The van der Waals surface area contributed by atoms with Crippen molar-refractivity contribution in [3.63, 3.8) is 0 Å². The van der Waals surface area contributed by atoms with E-state index in [0.29, 0.717) is 30.0 Å². The van der Waals surface area contributed by atoms with Crippen LogP contribution in [0, 0.1) is 11.7 Å². The highest BCUT2D eigenvalue weighted by atomic mass is 19.1. The molecule has 0 saturated carbocycles. The molecule has 1 aliphatic rings. The van der Waals surface area contributed by atoms with Crippen LogP contribution >= 0.6 is 0 Å². The maximum Gasteiger partial charge on any atom is 0.247 e. The average Bonchev–Trinajstić information content (AvgIpc) is 3.34. The van der Waals surface area contributed by atoms with E-state index in [1.54, 1.807) is 35.2 Å². The summed E-state index contributed by atoms with van der Waals surface area (Å²) >= 11 is 0. The number of nitrogens with zero attached hydrogens (tertiary/aromatic N) is 2. The van der Waals surface area contributed by atoms with Crippen molar-refractivity contribution in [2.75, 3.05) is 11.9 Å². The van der Waals surface area contributed by atoms with E-state index >= 15 is 0 Å². The van der Waals surface area contributed by atoms with Crippen LogP contribution in [0.1, 0.15) is 26.7 Å². The van der Waals surface area contributed by atoms with Crippen molar-refractivity contribution in [3.05, 3.63) is 48.3 Å². The van der Waals surface area contributed by atoms with E-state index in [4.69, 9.17) is 0 Å². The predicted octanol–water partition coefficient (Wildman–Crippen LogP) is 3.95. The molecule has 7 heteroatoms. The number of likely N-dealkylation sites (tertiary alicyclic amines) is 1. The Morgan fingerprint density at radius 2 is 2.07 bits per heavy atom. The van der Waals surface area contributed by atoms with E-state index in [-0.39, 0.29) is 23.5 Å². The lowest BCUT2D eigenvalue weighted by Crippen LogP contribution is -2.44. The molecule has 29 heavy (non-hydrogen) atoms. The van der Waals surface area contributed by atoms with Crippen molar-refractivity contribution in [1.29, 1.82) is 0 Å². The highest BCUT2D eigenvalue weighted by Crippen LogP contribution is 2.25. The molecular weight excluding hydrogens is 371 g/mol. The summed E-state index contributed by atoms with van der Waals surface area (Å²) in [5.74, 6) is -0.0708. The maximum absolute atomic E-state index is 13.5. The summed E-state index contributed by atoms with van der Waals surface area (Å²) in [4.78, 5) is 34.5. The van der Waals surface area contributed by atoms with Gasteiger partial charge in [0.15, 0.2) is 0 Å². The summed E-state index contributed by atoms with van der Waals surface area (Å²) in [6, 6.07) is 11.2. The van der Waals surface area contributed by atoms with Gasteiger partial charge in [0, 0.05) is 23.7 Å². The zero-order valence-corrected chi connectivity index (χ0v) is 16.4. The maximum atomic E-state index is 13.5. The van der Waals surface area contributed by atoms with E-state index < -0.39 is 6.04 Å². The number of aromatic amines is 1. The minimum atomic E-state index is -0.440. The molecule has 2 amide bonds. The van der Waals surface area contributed by atoms with Crippen LogP contribution in [-0.4, -0.2) is 39.3 Å². The molecule has 1 fully saturated rings. The van der Waals surface area contributed by atoms with Gasteiger partial charge in [0.25, 0.3) is 0 Å². The number of fused-ring (bicyclic) bond motifs is 1. The summed E-state index contributed by atoms with van der Waals surface area (Å²) in [6.07, 6.45) is 1.49. The number of amides is 2. The third-order valence-electron chi connectivity index (χ3n) is 5.18. The second kappa shape index (κ2) is 7.66. The van der Waals surface area contributed by atoms with Crippen LogP contribution in [0.3, 0.4) is 0 Å². The molecule has 0 radical (unpaired) electrons. The molecule has 1 unspecified atom stereocenters. The number of hydrogen-bond acceptors (Lipinski definition) is 3. The molecule has 4 rings (SSSR count). The molecule has 0 bridgehead atoms. The van der Waals surface area contributed by atoms with Gasteiger partial charge < -0.3 is 15.2 Å². The topological polar surface area (TPSA) is 78.1 Å². The Hall–Kier alpha value is -3.22. The molecule has 0 spiro atoms. The van der Waals surface area contributed by atoms with Crippen LogP contribution in [0.2, 0.25) is 0 Å². The highest BCUT2D eigenvalue weighted by Gasteiger charge is 2.34. The monoisotopic (exact) mass is 394 g/mol. The van der Waals surface area contributed by atoms with Crippen molar-refractivity contribution in [2.45, 2.75) is 32.7 Å². The third kappa shape index (κ3) is 3.85. The number of carbonyl (C=O) groups excluding carboxylic acids is 2. The summed E-state index contributed by atoms with van der Waals surface area (Å²) in [5, 5.41) is 2.92. The predicted molar refractivity (Wildman–Crippen MR) is 110 cm³/mol. The third-order valence-corrected chi connectivity index (χ3v) is 5.18. The largest absolute Gasteiger partial charge is 0.338 e. The van der Waals surface area contributed by atoms with Crippen molar-refractivity contribution < 1.29 is 14.0 Å². The zero-order valence-electron chi connectivity index (χ0n) is 16.4. The van der Waals surface area contributed by atoms with Crippen LogP contribution in [0.15, 0.2) is 42.5 Å². The second-order valence-corrected chi connectivity index (χ2v) is 7.66. The average molecular weight is 394 g/mol.